The van der Waals surface area contributed by atoms with E-state index in [1.165, 1.54) is 45.1 Å². The second-order valence-corrected chi connectivity index (χ2v) is 5.75. The van der Waals surface area contributed by atoms with Crippen LogP contribution in [0.1, 0.15) is 52.4 Å². The Morgan fingerprint density at radius 1 is 1.33 bits per heavy atom. The van der Waals surface area contributed by atoms with Gasteiger partial charge in [-0.15, -0.1) is 0 Å². The van der Waals surface area contributed by atoms with Crippen LogP contribution in [0.4, 0.5) is 0 Å². The van der Waals surface area contributed by atoms with E-state index in [2.05, 4.69) is 18.7 Å². The molecule has 2 nitrogen and oxygen atoms in total. The van der Waals surface area contributed by atoms with E-state index < -0.39 is 0 Å². The molecule has 1 saturated carbocycles. The topological polar surface area (TPSA) is 29.3 Å². The molecule has 1 saturated heterocycles. The second kappa shape index (κ2) is 4.42. The van der Waals surface area contributed by atoms with Crippen LogP contribution in [0.25, 0.3) is 0 Å². The molecule has 1 aliphatic carbocycles. The maximum Gasteiger partial charge on any atom is 0.0309 e. The van der Waals surface area contributed by atoms with Crippen LogP contribution in [0.2, 0.25) is 0 Å². The molecule has 1 aliphatic heterocycles. The highest BCUT2D eigenvalue weighted by Gasteiger charge is 2.41. The van der Waals surface area contributed by atoms with Crippen LogP contribution in [-0.4, -0.2) is 29.6 Å². The van der Waals surface area contributed by atoms with Crippen LogP contribution in [0, 0.1) is 5.92 Å². The second-order valence-electron chi connectivity index (χ2n) is 5.75. The molecule has 0 radical (unpaired) electrons. The van der Waals surface area contributed by atoms with Gasteiger partial charge in [0.2, 0.25) is 0 Å². The van der Waals surface area contributed by atoms with Crippen LogP contribution in [-0.2, 0) is 0 Å². The fraction of sp³-hybridized carbons (Fsp3) is 1.00. The van der Waals surface area contributed by atoms with Gasteiger partial charge in [0, 0.05) is 18.1 Å². The zero-order valence-corrected chi connectivity index (χ0v) is 10.3. The molecule has 0 spiro atoms. The van der Waals surface area contributed by atoms with Gasteiger partial charge >= 0.3 is 0 Å². The minimum absolute atomic E-state index is 0.290. The molecule has 0 aromatic rings. The summed E-state index contributed by atoms with van der Waals surface area (Å²) >= 11 is 0. The van der Waals surface area contributed by atoms with Crippen molar-refractivity contribution in [1.82, 2.24) is 4.90 Å². The molecule has 15 heavy (non-hydrogen) atoms. The van der Waals surface area contributed by atoms with E-state index in [-0.39, 0.29) is 0 Å². The highest BCUT2D eigenvalue weighted by molar-refractivity contribution is 4.97. The van der Waals surface area contributed by atoms with E-state index >= 15 is 0 Å². The molecule has 0 bridgehead atoms. The lowest BCUT2D eigenvalue weighted by atomic mass is 9.91. The Morgan fingerprint density at radius 3 is 2.60 bits per heavy atom. The molecular weight excluding hydrogens is 184 g/mol. The quantitative estimate of drug-likeness (QED) is 0.755. The summed E-state index contributed by atoms with van der Waals surface area (Å²) in [5.41, 5.74) is 6.33. The molecule has 2 rings (SSSR count). The predicted molar refractivity (Wildman–Crippen MR) is 64.8 cm³/mol. The van der Waals surface area contributed by atoms with E-state index in [4.69, 9.17) is 5.73 Å². The van der Waals surface area contributed by atoms with Crippen molar-refractivity contribution in [2.75, 3.05) is 13.1 Å². The standard InChI is InChI=1S/C13H26N2/c1-3-12-5-4-8-15(12)13(2,10-14)9-11-6-7-11/h11-12H,3-10,14H2,1-2H3. The summed E-state index contributed by atoms with van der Waals surface area (Å²) in [5.74, 6) is 0.983. The molecule has 2 N–H and O–H groups in total. The Morgan fingerprint density at radius 2 is 2.07 bits per heavy atom. The third-order valence-corrected chi connectivity index (χ3v) is 4.41. The van der Waals surface area contributed by atoms with Crippen molar-refractivity contribution >= 4 is 0 Å². The smallest absolute Gasteiger partial charge is 0.0309 e. The average Bonchev–Trinajstić information content (AvgIpc) is 2.91. The number of hydrogen-bond donors (Lipinski definition) is 1. The Hall–Kier alpha value is -0.0800. The maximum absolute atomic E-state index is 6.04. The number of nitrogens with two attached hydrogens (primary N) is 1. The van der Waals surface area contributed by atoms with E-state index in [0.29, 0.717) is 5.54 Å². The maximum atomic E-state index is 6.04. The summed E-state index contributed by atoms with van der Waals surface area (Å²) in [4.78, 5) is 2.71. The highest BCUT2D eigenvalue weighted by atomic mass is 15.2. The van der Waals surface area contributed by atoms with Crippen molar-refractivity contribution in [3.63, 3.8) is 0 Å². The fourth-order valence-corrected chi connectivity index (χ4v) is 3.23. The van der Waals surface area contributed by atoms with Crippen molar-refractivity contribution < 1.29 is 0 Å². The number of likely N-dealkylation sites (tertiary alicyclic amines) is 1. The molecule has 2 atom stereocenters. The first-order valence-corrected chi connectivity index (χ1v) is 6.66. The van der Waals surface area contributed by atoms with Gasteiger partial charge in [-0.25, -0.2) is 0 Å². The Bertz CT molecular complexity index is 213. The summed E-state index contributed by atoms with van der Waals surface area (Å²) in [6.07, 6.45) is 8.27. The summed E-state index contributed by atoms with van der Waals surface area (Å²) in [6.45, 7) is 6.81. The van der Waals surface area contributed by atoms with Crippen LogP contribution < -0.4 is 5.73 Å². The third-order valence-electron chi connectivity index (χ3n) is 4.41. The van der Waals surface area contributed by atoms with Crippen molar-refractivity contribution in [1.29, 1.82) is 0 Å². The Balaban J connectivity index is 2.02. The zero-order chi connectivity index (χ0) is 10.9. The summed E-state index contributed by atoms with van der Waals surface area (Å²) in [7, 11) is 0. The molecule has 2 aliphatic rings. The first-order chi connectivity index (χ1) is 7.19. The molecule has 1 heterocycles. The lowest BCUT2D eigenvalue weighted by Gasteiger charge is -2.42. The number of hydrogen-bond acceptors (Lipinski definition) is 2. The monoisotopic (exact) mass is 210 g/mol. The predicted octanol–water partition coefficient (Wildman–Crippen LogP) is 2.38. The molecule has 0 amide bonds. The van der Waals surface area contributed by atoms with Gasteiger partial charge in [-0.3, -0.25) is 4.90 Å². The van der Waals surface area contributed by atoms with Crippen LogP contribution in [0.3, 0.4) is 0 Å². The van der Waals surface area contributed by atoms with Gasteiger partial charge in [-0.1, -0.05) is 19.8 Å². The SMILES string of the molecule is CCC1CCCN1C(C)(CN)CC1CC1. The van der Waals surface area contributed by atoms with Crippen molar-refractivity contribution in [3.05, 3.63) is 0 Å². The van der Waals surface area contributed by atoms with Crippen LogP contribution in [0.5, 0.6) is 0 Å². The Labute approximate surface area is 94.2 Å². The van der Waals surface area contributed by atoms with Crippen LogP contribution >= 0.6 is 0 Å². The van der Waals surface area contributed by atoms with Crippen molar-refractivity contribution in [2.45, 2.75) is 64.0 Å². The van der Waals surface area contributed by atoms with E-state index in [1.54, 1.807) is 0 Å². The van der Waals surface area contributed by atoms with Crippen LogP contribution in [0.15, 0.2) is 0 Å². The summed E-state index contributed by atoms with van der Waals surface area (Å²) in [6, 6.07) is 0.803. The lowest BCUT2D eigenvalue weighted by molar-refractivity contribution is 0.0804. The molecule has 88 valence electrons. The highest BCUT2D eigenvalue weighted by Crippen LogP contribution is 2.41. The molecule has 2 unspecified atom stereocenters. The van der Waals surface area contributed by atoms with Gasteiger partial charge < -0.3 is 5.73 Å². The van der Waals surface area contributed by atoms with Gasteiger partial charge in [0.25, 0.3) is 0 Å². The van der Waals surface area contributed by atoms with Gasteiger partial charge in [0.15, 0.2) is 0 Å². The number of nitrogens with zero attached hydrogens (tertiary/aromatic N) is 1. The van der Waals surface area contributed by atoms with Gasteiger partial charge in [-0.2, -0.15) is 0 Å². The summed E-state index contributed by atoms with van der Waals surface area (Å²) < 4.78 is 0. The normalized spacial score (nSPS) is 31.8. The minimum atomic E-state index is 0.290. The zero-order valence-electron chi connectivity index (χ0n) is 10.3. The first-order valence-electron chi connectivity index (χ1n) is 6.66. The van der Waals surface area contributed by atoms with E-state index in [1.807, 2.05) is 0 Å². The molecule has 0 aromatic carbocycles. The minimum Gasteiger partial charge on any atom is -0.329 e. The average molecular weight is 210 g/mol. The van der Waals surface area contributed by atoms with Crippen molar-refractivity contribution in [2.24, 2.45) is 11.7 Å². The molecular formula is C13H26N2. The Kier molecular flexibility index (Phi) is 3.36. The third kappa shape index (κ3) is 2.36. The fourth-order valence-electron chi connectivity index (χ4n) is 3.23. The first kappa shape index (κ1) is 11.4. The largest absolute Gasteiger partial charge is 0.329 e. The summed E-state index contributed by atoms with van der Waals surface area (Å²) in [5, 5.41) is 0. The van der Waals surface area contributed by atoms with E-state index in [0.717, 1.165) is 18.5 Å². The molecule has 2 heteroatoms. The van der Waals surface area contributed by atoms with Crippen molar-refractivity contribution in [3.8, 4) is 0 Å². The molecule has 0 aromatic heterocycles. The van der Waals surface area contributed by atoms with Gasteiger partial charge in [0.1, 0.15) is 0 Å². The van der Waals surface area contributed by atoms with E-state index in [9.17, 15) is 0 Å². The number of rotatable bonds is 5. The van der Waals surface area contributed by atoms with Gasteiger partial charge in [0.05, 0.1) is 0 Å². The van der Waals surface area contributed by atoms with Gasteiger partial charge in [-0.05, 0) is 45.1 Å². The molecule has 2 fully saturated rings. The lowest BCUT2D eigenvalue weighted by Crippen LogP contribution is -2.53.